The first-order chi connectivity index (χ1) is 14.6. The molecule has 4 rings (SSSR count). The zero-order valence-electron chi connectivity index (χ0n) is 16.9. The molecule has 3 aromatic heterocycles. The number of anilines is 1. The highest BCUT2D eigenvalue weighted by Gasteiger charge is 2.46. The molecule has 1 aliphatic rings. The SMILES string of the molecule is CCCCNc1nc(SCCC)nc2c1nnn2C1CC(c2nnn[nH]2)[C@@H](O)[C@H]1O. The number of aliphatic hydroxyl groups is 2. The molecule has 162 valence electrons. The van der Waals surface area contributed by atoms with Crippen molar-refractivity contribution in [2.45, 2.75) is 68.9 Å². The second-order valence-electron chi connectivity index (χ2n) is 7.37. The van der Waals surface area contributed by atoms with E-state index in [9.17, 15) is 10.2 Å². The molecule has 1 saturated carbocycles. The van der Waals surface area contributed by atoms with Crippen LogP contribution >= 0.6 is 11.8 Å². The quantitative estimate of drug-likeness (QED) is 0.215. The van der Waals surface area contributed by atoms with Crippen LogP contribution in [-0.4, -0.2) is 80.3 Å². The molecular weight excluding hydrogens is 408 g/mol. The Bertz CT molecular complexity index is 965. The molecule has 4 N–H and O–H groups in total. The molecule has 0 radical (unpaired) electrons. The fraction of sp³-hybridized carbons (Fsp3) is 0.706. The van der Waals surface area contributed by atoms with Crippen LogP contribution in [-0.2, 0) is 0 Å². The molecule has 3 heterocycles. The molecule has 4 atom stereocenters. The van der Waals surface area contributed by atoms with E-state index in [0.717, 1.165) is 31.6 Å². The summed E-state index contributed by atoms with van der Waals surface area (Å²) >= 11 is 1.57. The monoisotopic (exact) mass is 434 g/mol. The van der Waals surface area contributed by atoms with Crippen molar-refractivity contribution in [3.05, 3.63) is 5.82 Å². The van der Waals surface area contributed by atoms with Crippen LogP contribution in [0.4, 0.5) is 5.82 Å². The maximum absolute atomic E-state index is 10.7. The number of thioether (sulfide) groups is 1. The van der Waals surface area contributed by atoms with E-state index in [4.69, 9.17) is 0 Å². The predicted molar refractivity (Wildman–Crippen MR) is 110 cm³/mol. The third-order valence-electron chi connectivity index (χ3n) is 5.24. The Morgan fingerprint density at radius 2 is 2.03 bits per heavy atom. The number of nitrogens with one attached hydrogen (secondary N) is 2. The number of aromatic nitrogens is 9. The number of aromatic amines is 1. The van der Waals surface area contributed by atoms with Crippen LogP contribution in [0.2, 0.25) is 0 Å². The lowest BCUT2D eigenvalue weighted by molar-refractivity contribution is 0.0146. The minimum Gasteiger partial charge on any atom is -0.390 e. The van der Waals surface area contributed by atoms with Gasteiger partial charge in [-0.25, -0.2) is 19.7 Å². The molecule has 0 spiro atoms. The zero-order valence-corrected chi connectivity index (χ0v) is 17.7. The second kappa shape index (κ2) is 9.18. The van der Waals surface area contributed by atoms with Crippen LogP contribution < -0.4 is 5.32 Å². The normalized spacial score (nSPS) is 24.0. The summed E-state index contributed by atoms with van der Waals surface area (Å²) in [6.07, 6.45) is 1.40. The molecule has 12 nitrogen and oxygen atoms in total. The highest BCUT2D eigenvalue weighted by Crippen LogP contribution is 2.41. The number of rotatable bonds is 9. The maximum atomic E-state index is 10.7. The standard InChI is InChI=1S/C17H26N10O2S/c1-3-5-6-18-15-11-16(20-17(19-15)30-7-4-2)27(26-21-11)10-8-9(12(28)13(10)29)14-22-24-25-23-14/h9-10,12-13,28-29H,3-8H2,1-2H3,(H,18,19,20)(H,22,23,24,25)/t9?,10?,12-,13+/m1/s1. The Kier molecular flexibility index (Phi) is 6.39. The summed E-state index contributed by atoms with van der Waals surface area (Å²) in [6.45, 7) is 5.01. The van der Waals surface area contributed by atoms with Gasteiger partial charge in [-0.05, 0) is 29.7 Å². The molecule has 0 bridgehead atoms. The first kappa shape index (κ1) is 20.9. The molecule has 0 saturated heterocycles. The van der Waals surface area contributed by atoms with Gasteiger partial charge in [0.15, 0.2) is 28.0 Å². The van der Waals surface area contributed by atoms with Crippen molar-refractivity contribution in [3.63, 3.8) is 0 Å². The number of unbranched alkanes of at least 4 members (excludes halogenated alkanes) is 1. The smallest absolute Gasteiger partial charge is 0.191 e. The van der Waals surface area contributed by atoms with Crippen molar-refractivity contribution in [2.24, 2.45) is 0 Å². The van der Waals surface area contributed by atoms with E-state index in [-0.39, 0.29) is 0 Å². The third kappa shape index (κ3) is 3.96. The molecular formula is C17H26N10O2S. The molecule has 2 unspecified atom stereocenters. The van der Waals surface area contributed by atoms with Gasteiger partial charge >= 0.3 is 0 Å². The third-order valence-corrected chi connectivity index (χ3v) is 6.29. The van der Waals surface area contributed by atoms with Gasteiger partial charge in [0, 0.05) is 12.3 Å². The van der Waals surface area contributed by atoms with Crippen molar-refractivity contribution in [1.29, 1.82) is 0 Å². The lowest BCUT2D eigenvalue weighted by Crippen LogP contribution is -2.29. The number of fused-ring (bicyclic) bond motifs is 1. The Balaban J connectivity index is 1.69. The van der Waals surface area contributed by atoms with Gasteiger partial charge in [0.05, 0.1) is 18.1 Å². The van der Waals surface area contributed by atoms with E-state index in [1.165, 1.54) is 0 Å². The number of tetrazole rings is 1. The summed E-state index contributed by atoms with van der Waals surface area (Å²) in [5.41, 5.74) is 1.09. The lowest BCUT2D eigenvalue weighted by Gasteiger charge is -2.17. The second-order valence-corrected chi connectivity index (χ2v) is 8.43. The van der Waals surface area contributed by atoms with Crippen LogP contribution in [0.25, 0.3) is 11.2 Å². The van der Waals surface area contributed by atoms with E-state index >= 15 is 0 Å². The summed E-state index contributed by atoms with van der Waals surface area (Å²) in [5, 5.41) is 47.5. The highest BCUT2D eigenvalue weighted by atomic mass is 32.2. The van der Waals surface area contributed by atoms with Crippen LogP contribution in [0, 0.1) is 0 Å². The van der Waals surface area contributed by atoms with Gasteiger partial charge in [0.1, 0.15) is 6.10 Å². The van der Waals surface area contributed by atoms with E-state index in [0.29, 0.717) is 34.4 Å². The average molecular weight is 435 g/mol. The van der Waals surface area contributed by atoms with Crippen LogP contribution in [0.3, 0.4) is 0 Å². The van der Waals surface area contributed by atoms with Gasteiger partial charge in [-0.1, -0.05) is 37.2 Å². The molecule has 1 fully saturated rings. The number of H-pyrrole nitrogens is 1. The van der Waals surface area contributed by atoms with Crippen molar-refractivity contribution in [2.75, 3.05) is 17.6 Å². The Morgan fingerprint density at radius 3 is 2.77 bits per heavy atom. The van der Waals surface area contributed by atoms with E-state index in [1.807, 2.05) is 0 Å². The first-order valence-electron chi connectivity index (χ1n) is 10.2. The lowest BCUT2D eigenvalue weighted by atomic mass is 10.1. The molecule has 0 aromatic carbocycles. The summed E-state index contributed by atoms with van der Waals surface area (Å²) in [4.78, 5) is 9.28. The number of nitrogens with zero attached hydrogens (tertiary/aromatic N) is 8. The van der Waals surface area contributed by atoms with Gasteiger partial charge in [0.2, 0.25) is 0 Å². The largest absolute Gasteiger partial charge is 0.390 e. The maximum Gasteiger partial charge on any atom is 0.191 e. The van der Waals surface area contributed by atoms with Crippen LogP contribution in [0.5, 0.6) is 0 Å². The van der Waals surface area contributed by atoms with Crippen LogP contribution in [0.1, 0.15) is 57.3 Å². The van der Waals surface area contributed by atoms with E-state index < -0.39 is 24.2 Å². The van der Waals surface area contributed by atoms with Gasteiger partial charge in [-0.2, -0.15) is 0 Å². The van der Waals surface area contributed by atoms with E-state index in [1.54, 1.807) is 16.4 Å². The van der Waals surface area contributed by atoms with Gasteiger partial charge < -0.3 is 15.5 Å². The Labute approximate surface area is 177 Å². The van der Waals surface area contributed by atoms with Crippen molar-refractivity contribution >= 4 is 28.7 Å². The molecule has 3 aromatic rings. The zero-order chi connectivity index (χ0) is 21.1. The summed E-state index contributed by atoms with van der Waals surface area (Å²) in [6, 6.07) is -0.512. The molecule has 1 aliphatic carbocycles. The number of hydrogen-bond acceptors (Lipinski definition) is 11. The Hall–Kier alpha value is -2.38. The summed E-state index contributed by atoms with van der Waals surface area (Å²) < 4.78 is 1.59. The van der Waals surface area contributed by atoms with Gasteiger partial charge in [-0.3, -0.25) is 0 Å². The van der Waals surface area contributed by atoms with Gasteiger partial charge in [0.25, 0.3) is 0 Å². The van der Waals surface area contributed by atoms with Crippen LogP contribution in [0.15, 0.2) is 5.16 Å². The number of aliphatic hydroxyl groups excluding tert-OH is 2. The first-order valence-corrected chi connectivity index (χ1v) is 11.2. The molecule has 30 heavy (non-hydrogen) atoms. The topological polar surface area (TPSA) is 163 Å². The summed E-state index contributed by atoms with van der Waals surface area (Å²) in [5.74, 6) is 1.54. The fourth-order valence-electron chi connectivity index (χ4n) is 3.64. The number of hydrogen-bond donors (Lipinski definition) is 4. The van der Waals surface area contributed by atoms with Crippen molar-refractivity contribution in [3.8, 4) is 0 Å². The van der Waals surface area contributed by atoms with Crippen molar-refractivity contribution < 1.29 is 10.2 Å². The highest BCUT2D eigenvalue weighted by molar-refractivity contribution is 7.99. The minimum absolute atomic E-state index is 0.400. The van der Waals surface area contributed by atoms with E-state index in [2.05, 4.69) is 60.1 Å². The molecule has 0 amide bonds. The molecule has 0 aliphatic heterocycles. The molecule has 13 heteroatoms. The minimum atomic E-state index is -1.05. The predicted octanol–water partition coefficient (Wildman–Crippen LogP) is 0.899. The fourth-order valence-corrected chi connectivity index (χ4v) is 4.34. The van der Waals surface area contributed by atoms with Crippen molar-refractivity contribution in [1.82, 2.24) is 45.6 Å². The Morgan fingerprint density at radius 1 is 1.17 bits per heavy atom. The van der Waals surface area contributed by atoms with Gasteiger partial charge in [-0.15, -0.1) is 10.2 Å². The summed E-state index contributed by atoms with van der Waals surface area (Å²) in [7, 11) is 0. The average Bonchev–Trinajstić information content (AvgIpc) is 3.47.